The van der Waals surface area contributed by atoms with E-state index >= 15 is 0 Å². The third-order valence-electron chi connectivity index (χ3n) is 5.87. The third kappa shape index (κ3) is 5.65. The lowest BCUT2D eigenvalue weighted by molar-refractivity contribution is -0.120. The van der Waals surface area contributed by atoms with Gasteiger partial charge in [0, 0.05) is 38.9 Å². The van der Waals surface area contributed by atoms with Crippen LogP contribution in [0.2, 0.25) is 0 Å². The number of carbonyl (C=O) groups excluding carboxylic acids is 1. The van der Waals surface area contributed by atoms with Gasteiger partial charge in [0.15, 0.2) is 0 Å². The average molecular weight is 459 g/mol. The molecule has 0 radical (unpaired) electrons. The number of hydrogen-bond acceptors (Lipinski definition) is 6. The number of sulfonamides is 1. The first-order valence-electron chi connectivity index (χ1n) is 11.2. The number of nitrogens with one attached hydrogen (secondary N) is 1. The monoisotopic (exact) mass is 458 g/mol. The Morgan fingerprint density at radius 3 is 2.28 bits per heavy atom. The van der Waals surface area contributed by atoms with Gasteiger partial charge < -0.3 is 15.0 Å². The maximum absolute atomic E-state index is 12.7. The Kier molecular flexibility index (Phi) is 7.39. The second-order valence-corrected chi connectivity index (χ2v) is 10.1. The molecule has 32 heavy (non-hydrogen) atoms. The van der Waals surface area contributed by atoms with Gasteiger partial charge in [-0.05, 0) is 42.2 Å². The van der Waals surface area contributed by atoms with E-state index < -0.39 is 10.0 Å². The van der Waals surface area contributed by atoms with Gasteiger partial charge in [-0.15, -0.1) is 0 Å². The number of hydrogen-bond donors (Lipinski definition) is 1. The SMILES string of the molecule is O=C(Cc1ccc(S(=O)(=O)N2CCCCC2)cc1)NCc1ccc(N2CCOCC2)nc1. The quantitative estimate of drug-likeness (QED) is 0.682. The van der Waals surface area contributed by atoms with Crippen molar-refractivity contribution in [3.05, 3.63) is 53.7 Å². The van der Waals surface area contributed by atoms with E-state index in [2.05, 4.69) is 15.2 Å². The van der Waals surface area contributed by atoms with Crippen LogP contribution in [-0.4, -0.2) is 63.0 Å². The summed E-state index contributed by atoms with van der Waals surface area (Å²) >= 11 is 0. The van der Waals surface area contributed by atoms with Crippen molar-refractivity contribution in [3.63, 3.8) is 0 Å². The molecule has 0 saturated carbocycles. The van der Waals surface area contributed by atoms with Crippen LogP contribution < -0.4 is 10.2 Å². The van der Waals surface area contributed by atoms with E-state index in [-0.39, 0.29) is 17.2 Å². The van der Waals surface area contributed by atoms with Crippen molar-refractivity contribution in [1.82, 2.24) is 14.6 Å². The molecule has 4 rings (SSSR count). The Morgan fingerprint density at radius 2 is 1.62 bits per heavy atom. The first-order chi connectivity index (χ1) is 15.5. The largest absolute Gasteiger partial charge is 0.378 e. The minimum absolute atomic E-state index is 0.117. The molecular weight excluding hydrogens is 428 g/mol. The number of piperidine rings is 1. The van der Waals surface area contributed by atoms with Crippen LogP contribution in [0.4, 0.5) is 5.82 Å². The van der Waals surface area contributed by atoms with E-state index in [1.165, 1.54) is 0 Å². The molecule has 2 saturated heterocycles. The van der Waals surface area contributed by atoms with Crippen LogP contribution in [0.3, 0.4) is 0 Å². The highest BCUT2D eigenvalue weighted by molar-refractivity contribution is 7.89. The molecule has 2 aliphatic heterocycles. The van der Waals surface area contributed by atoms with E-state index in [0.29, 0.717) is 32.8 Å². The molecule has 0 unspecified atom stereocenters. The second-order valence-electron chi connectivity index (χ2n) is 8.19. The predicted octanol–water partition coefficient (Wildman–Crippen LogP) is 1.95. The van der Waals surface area contributed by atoms with Gasteiger partial charge in [0.25, 0.3) is 0 Å². The Bertz CT molecular complexity index is 997. The second kappa shape index (κ2) is 10.4. The number of pyridine rings is 1. The molecule has 1 amide bonds. The molecule has 9 heteroatoms. The molecule has 1 aromatic carbocycles. The average Bonchev–Trinajstić information content (AvgIpc) is 2.84. The van der Waals surface area contributed by atoms with Crippen LogP contribution in [0.5, 0.6) is 0 Å². The van der Waals surface area contributed by atoms with Gasteiger partial charge in [0.05, 0.1) is 24.5 Å². The fraction of sp³-hybridized carbons (Fsp3) is 0.478. The van der Waals surface area contributed by atoms with Gasteiger partial charge >= 0.3 is 0 Å². The fourth-order valence-electron chi connectivity index (χ4n) is 3.98. The summed E-state index contributed by atoms with van der Waals surface area (Å²) in [5, 5.41) is 2.90. The number of ether oxygens (including phenoxy) is 1. The summed E-state index contributed by atoms with van der Waals surface area (Å²) in [4.78, 5) is 19.3. The number of nitrogens with zero attached hydrogens (tertiary/aromatic N) is 3. The standard InChI is InChI=1S/C23H30N4O4S/c28-23(25-18-20-6-9-22(24-17-20)26-12-14-31-15-13-26)16-19-4-7-21(8-5-19)32(29,30)27-10-2-1-3-11-27/h4-9,17H,1-3,10-16,18H2,(H,25,28). The molecule has 0 aliphatic carbocycles. The van der Waals surface area contributed by atoms with E-state index in [0.717, 1.165) is 49.3 Å². The van der Waals surface area contributed by atoms with Crippen molar-refractivity contribution in [2.75, 3.05) is 44.3 Å². The number of rotatable bonds is 7. The minimum atomic E-state index is -3.45. The minimum Gasteiger partial charge on any atom is -0.378 e. The summed E-state index contributed by atoms with van der Waals surface area (Å²) < 4.78 is 32.4. The lowest BCUT2D eigenvalue weighted by Crippen LogP contribution is -2.36. The molecule has 172 valence electrons. The van der Waals surface area contributed by atoms with Crippen molar-refractivity contribution in [2.24, 2.45) is 0 Å². The van der Waals surface area contributed by atoms with Crippen LogP contribution in [0.25, 0.3) is 0 Å². The first kappa shape index (κ1) is 22.7. The van der Waals surface area contributed by atoms with E-state index in [1.807, 2.05) is 12.1 Å². The van der Waals surface area contributed by atoms with E-state index in [1.54, 1.807) is 34.8 Å². The number of aromatic nitrogens is 1. The zero-order valence-electron chi connectivity index (χ0n) is 18.2. The molecule has 0 spiro atoms. The van der Waals surface area contributed by atoms with Gasteiger partial charge in [0.2, 0.25) is 15.9 Å². The topological polar surface area (TPSA) is 91.8 Å². The van der Waals surface area contributed by atoms with Crippen LogP contribution in [0.15, 0.2) is 47.5 Å². The summed E-state index contributed by atoms with van der Waals surface area (Å²) in [6.07, 6.45) is 4.87. The molecule has 3 heterocycles. The Hall–Kier alpha value is -2.49. The van der Waals surface area contributed by atoms with Gasteiger partial charge in [-0.2, -0.15) is 4.31 Å². The highest BCUT2D eigenvalue weighted by Gasteiger charge is 2.25. The molecule has 2 fully saturated rings. The smallest absolute Gasteiger partial charge is 0.243 e. The normalized spacial score (nSPS) is 17.8. The molecule has 2 aromatic rings. The number of benzene rings is 1. The summed E-state index contributed by atoms with van der Waals surface area (Å²) in [6, 6.07) is 10.6. The maximum atomic E-state index is 12.7. The number of anilines is 1. The van der Waals surface area contributed by atoms with E-state index in [4.69, 9.17) is 4.74 Å². The molecule has 1 N–H and O–H groups in total. The Balaban J connectivity index is 1.27. The number of amides is 1. The summed E-state index contributed by atoms with van der Waals surface area (Å²) in [5.41, 5.74) is 1.71. The Morgan fingerprint density at radius 1 is 0.938 bits per heavy atom. The highest BCUT2D eigenvalue weighted by Crippen LogP contribution is 2.21. The molecule has 0 atom stereocenters. The molecule has 0 bridgehead atoms. The summed E-state index contributed by atoms with van der Waals surface area (Å²) in [7, 11) is -3.45. The van der Waals surface area contributed by atoms with Crippen molar-refractivity contribution in [1.29, 1.82) is 0 Å². The van der Waals surface area contributed by atoms with Crippen molar-refractivity contribution in [2.45, 2.75) is 37.1 Å². The molecule has 8 nitrogen and oxygen atoms in total. The molecule has 1 aromatic heterocycles. The van der Waals surface area contributed by atoms with Gasteiger partial charge in [-0.3, -0.25) is 4.79 Å². The zero-order chi connectivity index (χ0) is 22.4. The molecular formula is C23H30N4O4S. The van der Waals surface area contributed by atoms with Crippen molar-refractivity contribution >= 4 is 21.7 Å². The van der Waals surface area contributed by atoms with Gasteiger partial charge in [-0.1, -0.05) is 24.6 Å². The molecule has 2 aliphatic rings. The lowest BCUT2D eigenvalue weighted by Gasteiger charge is -2.27. The van der Waals surface area contributed by atoms with Crippen LogP contribution in [0, 0.1) is 0 Å². The zero-order valence-corrected chi connectivity index (χ0v) is 19.0. The summed E-state index contributed by atoms with van der Waals surface area (Å²) in [6.45, 7) is 4.65. The van der Waals surface area contributed by atoms with Crippen LogP contribution in [0.1, 0.15) is 30.4 Å². The van der Waals surface area contributed by atoms with Gasteiger partial charge in [-0.25, -0.2) is 13.4 Å². The van der Waals surface area contributed by atoms with Crippen LogP contribution >= 0.6 is 0 Å². The summed E-state index contributed by atoms with van der Waals surface area (Å²) in [5.74, 6) is 0.803. The van der Waals surface area contributed by atoms with Crippen molar-refractivity contribution < 1.29 is 17.9 Å². The third-order valence-corrected chi connectivity index (χ3v) is 7.79. The highest BCUT2D eigenvalue weighted by atomic mass is 32.2. The predicted molar refractivity (Wildman–Crippen MR) is 122 cm³/mol. The number of carbonyl (C=O) groups is 1. The first-order valence-corrected chi connectivity index (χ1v) is 12.6. The Labute approximate surface area is 189 Å². The maximum Gasteiger partial charge on any atom is 0.243 e. The van der Waals surface area contributed by atoms with Gasteiger partial charge in [0.1, 0.15) is 5.82 Å². The van der Waals surface area contributed by atoms with E-state index in [9.17, 15) is 13.2 Å². The number of morpholine rings is 1. The van der Waals surface area contributed by atoms with Crippen molar-refractivity contribution in [3.8, 4) is 0 Å². The van der Waals surface area contributed by atoms with Crippen LogP contribution in [-0.2, 0) is 32.5 Å². The lowest BCUT2D eigenvalue weighted by atomic mass is 10.1. The fourth-order valence-corrected chi connectivity index (χ4v) is 5.50.